The van der Waals surface area contributed by atoms with Crippen molar-refractivity contribution >= 4 is 10.9 Å². The first-order valence-corrected chi connectivity index (χ1v) is 8.94. The summed E-state index contributed by atoms with van der Waals surface area (Å²) in [6, 6.07) is 6.93. The van der Waals surface area contributed by atoms with Crippen LogP contribution in [-0.2, 0) is 13.0 Å². The third-order valence-corrected chi connectivity index (χ3v) is 4.93. The monoisotopic (exact) mass is 314 g/mol. The maximum absolute atomic E-state index is 5.79. The van der Waals surface area contributed by atoms with Gasteiger partial charge in [0.25, 0.3) is 0 Å². The molecule has 4 heteroatoms. The molecule has 1 aromatic heterocycles. The van der Waals surface area contributed by atoms with Gasteiger partial charge in [0.1, 0.15) is 0 Å². The van der Waals surface area contributed by atoms with Crippen molar-refractivity contribution in [1.82, 2.24) is 14.8 Å². The van der Waals surface area contributed by atoms with E-state index in [0.717, 1.165) is 32.6 Å². The van der Waals surface area contributed by atoms with Crippen molar-refractivity contribution in [3.8, 4) is 0 Å². The van der Waals surface area contributed by atoms with Gasteiger partial charge in [0, 0.05) is 62.9 Å². The molecule has 1 aliphatic rings. The molecule has 1 saturated heterocycles. The van der Waals surface area contributed by atoms with Gasteiger partial charge in [-0.1, -0.05) is 19.9 Å². The van der Waals surface area contributed by atoms with Gasteiger partial charge in [-0.3, -0.25) is 0 Å². The minimum absolute atomic E-state index is 0.568. The Balaban J connectivity index is 1.85. The molecule has 0 aliphatic carbocycles. The van der Waals surface area contributed by atoms with Gasteiger partial charge >= 0.3 is 0 Å². The highest BCUT2D eigenvalue weighted by molar-refractivity contribution is 5.85. The Hall–Kier alpha value is -1.36. The summed E-state index contributed by atoms with van der Waals surface area (Å²) in [4.78, 5) is 2.56. The number of fused-ring (bicyclic) bond motifs is 1. The Bertz CT molecular complexity index is 638. The van der Waals surface area contributed by atoms with Crippen LogP contribution in [0.4, 0.5) is 0 Å². The van der Waals surface area contributed by atoms with Gasteiger partial charge in [0.15, 0.2) is 0 Å². The van der Waals surface area contributed by atoms with E-state index in [0.29, 0.717) is 12.5 Å². The molecule has 126 valence electrons. The van der Waals surface area contributed by atoms with Crippen LogP contribution in [0.2, 0.25) is 0 Å². The predicted molar refractivity (Wildman–Crippen MR) is 98.1 cm³/mol. The van der Waals surface area contributed by atoms with Crippen LogP contribution in [-0.4, -0.2) is 48.7 Å². The van der Waals surface area contributed by atoms with Crippen LogP contribution in [0.25, 0.3) is 10.9 Å². The quantitative estimate of drug-likeness (QED) is 0.859. The smallest absolute Gasteiger partial charge is 0.0483 e. The van der Waals surface area contributed by atoms with E-state index < -0.39 is 0 Å². The van der Waals surface area contributed by atoms with Crippen LogP contribution >= 0.6 is 0 Å². The molecular weight excluding hydrogens is 284 g/mol. The van der Waals surface area contributed by atoms with Crippen molar-refractivity contribution in [2.75, 3.05) is 39.3 Å². The number of hydrogen-bond donors (Lipinski definition) is 2. The molecule has 0 bridgehead atoms. The van der Waals surface area contributed by atoms with Gasteiger partial charge in [-0.05, 0) is 35.6 Å². The molecule has 1 aliphatic heterocycles. The summed E-state index contributed by atoms with van der Waals surface area (Å²) < 4.78 is 2.33. The van der Waals surface area contributed by atoms with Crippen molar-refractivity contribution in [2.24, 2.45) is 5.73 Å². The zero-order valence-corrected chi connectivity index (χ0v) is 14.5. The van der Waals surface area contributed by atoms with Crippen LogP contribution in [0, 0.1) is 0 Å². The van der Waals surface area contributed by atoms with E-state index in [2.05, 4.69) is 53.0 Å². The molecule has 0 atom stereocenters. The number of nitrogens with one attached hydrogen (secondary N) is 1. The largest absolute Gasteiger partial charge is 0.346 e. The average Bonchev–Trinajstić information content (AvgIpc) is 2.91. The first kappa shape index (κ1) is 16.5. The number of rotatable bonds is 6. The number of aromatic nitrogens is 1. The summed E-state index contributed by atoms with van der Waals surface area (Å²) in [5.74, 6) is 0.568. The Morgan fingerprint density at radius 2 is 1.96 bits per heavy atom. The van der Waals surface area contributed by atoms with Gasteiger partial charge in [0.05, 0.1) is 0 Å². The van der Waals surface area contributed by atoms with Crippen molar-refractivity contribution in [2.45, 2.75) is 32.7 Å². The first-order chi connectivity index (χ1) is 11.2. The molecule has 1 fully saturated rings. The molecule has 0 saturated carbocycles. The molecule has 23 heavy (non-hydrogen) atoms. The third-order valence-electron chi connectivity index (χ3n) is 4.93. The Morgan fingerprint density at radius 3 is 2.65 bits per heavy atom. The molecule has 2 aromatic rings. The summed E-state index contributed by atoms with van der Waals surface area (Å²) in [6.07, 6.45) is 3.44. The maximum Gasteiger partial charge on any atom is 0.0483 e. The van der Waals surface area contributed by atoms with Crippen molar-refractivity contribution in [1.29, 1.82) is 0 Å². The van der Waals surface area contributed by atoms with Crippen molar-refractivity contribution in [3.63, 3.8) is 0 Å². The highest BCUT2D eigenvalue weighted by atomic mass is 15.2. The minimum atomic E-state index is 0.568. The average molecular weight is 314 g/mol. The highest BCUT2D eigenvalue weighted by Gasteiger charge is 2.13. The van der Waals surface area contributed by atoms with Gasteiger partial charge in [-0.15, -0.1) is 0 Å². The summed E-state index contributed by atoms with van der Waals surface area (Å²) in [5, 5.41) is 4.84. The second-order valence-corrected chi connectivity index (χ2v) is 6.91. The normalized spacial score (nSPS) is 16.5. The number of piperazine rings is 1. The maximum atomic E-state index is 5.79. The van der Waals surface area contributed by atoms with Gasteiger partial charge in [-0.25, -0.2) is 0 Å². The molecular formula is C19H30N4. The standard InChI is InChI=1S/C19H30N4/c1-15(2)16-3-4-19-18(13-16)17(14-23(19)10-6-20)5-9-22-11-7-21-8-12-22/h3-4,13-15,21H,5-12,20H2,1-2H3. The summed E-state index contributed by atoms with van der Waals surface area (Å²) in [7, 11) is 0. The second kappa shape index (κ2) is 7.47. The predicted octanol–water partition coefficient (Wildman–Crippen LogP) is 2.17. The number of hydrogen-bond acceptors (Lipinski definition) is 3. The SMILES string of the molecule is CC(C)c1ccc2c(c1)c(CCN1CCNCC1)cn2CCN. The Labute approximate surface area is 139 Å². The topological polar surface area (TPSA) is 46.2 Å². The Morgan fingerprint density at radius 1 is 1.17 bits per heavy atom. The van der Waals surface area contributed by atoms with Crippen molar-refractivity contribution < 1.29 is 0 Å². The molecule has 1 aromatic carbocycles. The van der Waals surface area contributed by atoms with Crippen LogP contribution < -0.4 is 11.1 Å². The molecule has 3 rings (SSSR count). The Kier molecular flexibility index (Phi) is 5.36. The van der Waals surface area contributed by atoms with Gasteiger partial charge in [-0.2, -0.15) is 0 Å². The van der Waals surface area contributed by atoms with Crippen LogP contribution in [0.5, 0.6) is 0 Å². The number of nitrogens with zero attached hydrogens (tertiary/aromatic N) is 2. The molecule has 0 amide bonds. The van der Waals surface area contributed by atoms with E-state index in [1.54, 1.807) is 0 Å². The highest BCUT2D eigenvalue weighted by Crippen LogP contribution is 2.26. The fourth-order valence-corrected chi connectivity index (χ4v) is 3.48. The molecule has 0 spiro atoms. The van der Waals surface area contributed by atoms with Crippen LogP contribution in [0.1, 0.15) is 30.9 Å². The molecule has 0 unspecified atom stereocenters. The second-order valence-electron chi connectivity index (χ2n) is 6.91. The number of nitrogens with two attached hydrogens (primary N) is 1. The zero-order valence-electron chi connectivity index (χ0n) is 14.5. The molecule has 2 heterocycles. The fourth-order valence-electron chi connectivity index (χ4n) is 3.48. The first-order valence-electron chi connectivity index (χ1n) is 8.94. The fraction of sp³-hybridized carbons (Fsp3) is 0.579. The van der Waals surface area contributed by atoms with Crippen molar-refractivity contribution in [3.05, 3.63) is 35.5 Å². The minimum Gasteiger partial charge on any atom is -0.346 e. The van der Waals surface area contributed by atoms with Gasteiger partial charge in [0.2, 0.25) is 0 Å². The molecule has 0 radical (unpaired) electrons. The lowest BCUT2D eigenvalue weighted by Gasteiger charge is -2.27. The van der Waals surface area contributed by atoms with E-state index in [-0.39, 0.29) is 0 Å². The lowest BCUT2D eigenvalue weighted by molar-refractivity contribution is 0.244. The summed E-state index contributed by atoms with van der Waals surface area (Å²) in [6.45, 7) is 11.8. The van der Waals surface area contributed by atoms with Crippen LogP contribution in [0.3, 0.4) is 0 Å². The summed E-state index contributed by atoms with van der Waals surface area (Å²) in [5.41, 5.74) is 10.0. The molecule has 4 nitrogen and oxygen atoms in total. The van der Waals surface area contributed by atoms with E-state index in [9.17, 15) is 0 Å². The van der Waals surface area contributed by atoms with Gasteiger partial charge < -0.3 is 20.5 Å². The van der Waals surface area contributed by atoms with E-state index in [1.807, 2.05) is 0 Å². The lowest BCUT2D eigenvalue weighted by atomic mass is 10.00. The lowest BCUT2D eigenvalue weighted by Crippen LogP contribution is -2.44. The number of benzene rings is 1. The zero-order chi connectivity index (χ0) is 16.2. The van der Waals surface area contributed by atoms with E-state index in [1.165, 1.54) is 35.1 Å². The summed E-state index contributed by atoms with van der Waals surface area (Å²) >= 11 is 0. The van der Waals surface area contributed by atoms with Crippen LogP contribution in [0.15, 0.2) is 24.4 Å². The third kappa shape index (κ3) is 3.77. The van der Waals surface area contributed by atoms with E-state index in [4.69, 9.17) is 5.73 Å². The molecule has 3 N–H and O–H groups in total. The van der Waals surface area contributed by atoms with E-state index >= 15 is 0 Å².